The number of ketones is 1. The Labute approximate surface area is 164 Å². The largest absolute Gasteiger partial charge is 0.454 e. The fourth-order valence-electron chi connectivity index (χ4n) is 2.77. The second-order valence-corrected chi connectivity index (χ2v) is 8.39. The van der Waals surface area contributed by atoms with Crippen LogP contribution in [0.5, 0.6) is 11.5 Å². The fraction of sp³-hybridized carbons (Fsp3) is 0.150. The van der Waals surface area contributed by atoms with Crippen LogP contribution in [0.3, 0.4) is 0 Å². The number of halogens is 1. The summed E-state index contributed by atoms with van der Waals surface area (Å²) in [5.74, 6) is 1.33. The molecule has 1 aliphatic rings. The second-order valence-electron chi connectivity index (χ2n) is 5.76. The molecule has 0 unspecified atom stereocenters. The Morgan fingerprint density at radius 3 is 2.77 bits per heavy atom. The SMILES string of the molecule is O=C(C[C@@H](Sc1ccccc1)c1cc(Cl)c2c(c1)OCO2)c1cccs1. The maximum atomic E-state index is 12.7. The Morgan fingerprint density at radius 2 is 2.00 bits per heavy atom. The van der Waals surface area contributed by atoms with Crippen LogP contribution in [-0.2, 0) is 0 Å². The molecule has 0 N–H and O–H groups in total. The molecule has 3 nitrogen and oxygen atoms in total. The molecule has 0 aliphatic carbocycles. The summed E-state index contributed by atoms with van der Waals surface area (Å²) in [5.41, 5.74) is 0.956. The van der Waals surface area contributed by atoms with E-state index >= 15 is 0 Å². The van der Waals surface area contributed by atoms with E-state index in [2.05, 4.69) is 0 Å². The maximum Gasteiger partial charge on any atom is 0.231 e. The standard InChI is InChI=1S/C20H15ClO3S2/c21-15-9-13(10-17-20(15)24-12-23-17)19(26-14-5-2-1-3-6-14)11-16(22)18-7-4-8-25-18/h1-10,19H,11-12H2/t19-/m1/s1. The van der Waals surface area contributed by atoms with Crippen molar-refractivity contribution in [1.82, 2.24) is 0 Å². The van der Waals surface area contributed by atoms with Crippen LogP contribution in [0.25, 0.3) is 0 Å². The summed E-state index contributed by atoms with van der Waals surface area (Å²) in [6, 6.07) is 17.6. The Hall–Kier alpha value is -1.95. The van der Waals surface area contributed by atoms with E-state index in [4.69, 9.17) is 21.1 Å². The van der Waals surface area contributed by atoms with E-state index in [1.807, 2.05) is 60.0 Å². The first kappa shape index (κ1) is 17.5. The Morgan fingerprint density at radius 1 is 1.15 bits per heavy atom. The van der Waals surface area contributed by atoms with E-state index in [1.54, 1.807) is 11.8 Å². The van der Waals surface area contributed by atoms with Gasteiger partial charge in [-0.25, -0.2) is 0 Å². The molecule has 2 aromatic carbocycles. The smallest absolute Gasteiger partial charge is 0.231 e. The molecule has 2 heterocycles. The molecule has 0 fully saturated rings. The van der Waals surface area contributed by atoms with Crippen LogP contribution >= 0.6 is 34.7 Å². The summed E-state index contributed by atoms with van der Waals surface area (Å²) in [6.45, 7) is 0.170. The van der Waals surface area contributed by atoms with Gasteiger partial charge in [-0.3, -0.25) is 4.79 Å². The summed E-state index contributed by atoms with van der Waals surface area (Å²) in [4.78, 5) is 14.6. The molecule has 1 atom stereocenters. The van der Waals surface area contributed by atoms with Crippen LogP contribution < -0.4 is 9.47 Å². The Bertz CT molecular complexity index is 910. The van der Waals surface area contributed by atoms with E-state index in [0.29, 0.717) is 22.9 Å². The molecule has 6 heteroatoms. The highest BCUT2D eigenvalue weighted by Crippen LogP contribution is 2.46. The van der Waals surface area contributed by atoms with E-state index < -0.39 is 0 Å². The zero-order valence-electron chi connectivity index (χ0n) is 13.7. The van der Waals surface area contributed by atoms with Gasteiger partial charge in [-0.2, -0.15) is 0 Å². The predicted molar refractivity (Wildman–Crippen MR) is 106 cm³/mol. The Kier molecular flexibility index (Phi) is 5.20. The molecule has 0 saturated heterocycles. The first-order chi connectivity index (χ1) is 12.7. The van der Waals surface area contributed by atoms with Gasteiger partial charge in [-0.05, 0) is 41.3 Å². The molecule has 132 valence electrons. The summed E-state index contributed by atoms with van der Waals surface area (Å²) in [7, 11) is 0. The van der Waals surface area contributed by atoms with Gasteiger partial charge in [0.25, 0.3) is 0 Å². The third kappa shape index (κ3) is 3.75. The normalized spacial score (nSPS) is 13.6. The number of hydrogen-bond acceptors (Lipinski definition) is 5. The molecule has 0 bridgehead atoms. The van der Waals surface area contributed by atoms with Gasteiger partial charge >= 0.3 is 0 Å². The zero-order valence-corrected chi connectivity index (χ0v) is 16.1. The van der Waals surface area contributed by atoms with Gasteiger partial charge in [0, 0.05) is 16.6 Å². The number of fused-ring (bicyclic) bond motifs is 1. The molecule has 1 aromatic heterocycles. The van der Waals surface area contributed by atoms with Crippen molar-refractivity contribution in [2.24, 2.45) is 0 Å². The average molecular weight is 403 g/mol. The second kappa shape index (κ2) is 7.74. The third-order valence-corrected chi connectivity index (χ3v) is 6.47. The number of benzene rings is 2. The highest BCUT2D eigenvalue weighted by molar-refractivity contribution is 7.99. The van der Waals surface area contributed by atoms with Gasteiger partial charge in [-0.15, -0.1) is 23.1 Å². The number of carbonyl (C=O) groups excluding carboxylic acids is 1. The van der Waals surface area contributed by atoms with Crippen LogP contribution in [0, 0.1) is 0 Å². The minimum absolute atomic E-state index is 0.0704. The first-order valence-electron chi connectivity index (χ1n) is 8.08. The third-order valence-electron chi connectivity index (χ3n) is 4.01. The van der Waals surface area contributed by atoms with Gasteiger partial charge in [0.1, 0.15) is 0 Å². The van der Waals surface area contributed by atoms with Crippen LogP contribution in [0.15, 0.2) is 64.9 Å². The number of thiophene rings is 1. The number of hydrogen-bond donors (Lipinski definition) is 0. The zero-order chi connectivity index (χ0) is 17.9. The van der Waals surface area contributed by atoms with Gasteiger partial charge in [0.05, 0.1) is 9.90 Å². The highest BCUT2D eigenvalue weighted by Gasteiger charge is 2.24. The van der Waals surface area contributed by atoms with Crippen molar-refractivity contribution in [3.63, 3.8) is 0 Å². The lowest BCUT2D eigenvalue weighted by Gasteiger charge is -2.17. The molecule has 0 radical (unpaired) electrons. The van der Waals surface area contributed by atoms with Crippen LogP contribution in [0.2, 0.25) is 5.02 Å². The summed E-state index contributed by atoms with van der Waals surface area (Å²) in [6.07, 6.45) is 0.385. The minimum atomic E-state index is -0.0704. The van der Waals surface area contributed by atoms with Gasteiger partial charge in [0.2, 0.25) is 6.79 Å². The van der Waals surface area contributed by atoms with Crippen molar-refractivity contribution in [2.45, 2.75) is 16.6 Å². The maximum absolute atomic E-state index is 12.7. The van der Waals surface area contributed by atoms with Crippen LogP contribution in [0.4, 0.5) is 0 Å². The van der Waals surface area contributed by atoms with Crippen molar-refractivity contribution >= 4 is 40.5 Å². The minimum Gasteiger partial charge on any atom is -0.454 e. The van der Waals surface area contributed by atoms with E-state index in [9.17, 15) is 4.79 Å². The fourth-order valence-corrected chi connectivity index (χ4v) is 4.87. The lowest BCUT2D eigenvalue weighted by atomic mass is 10.1. The van der Waals surface area contributed by atoms with E-state index in [-0.39, 0.29) is 17.8 Å². The molecule has 0 amide bonds. The summed E-state index contributed by atoms with van der Waals surface area (Å²) < 4.78 is 10.9. The molecular weight excluding hydrogens is 388 g/mol. The lowest BCUT2D eigenvalue weighted by Crippen LogP contribution is -2.04. The van der Waals surface area contributed by atoms with Crippen molar-refractivity contribution in [3.8, 4) is 11.5 Å². The number of ether oxygens (including phenoxy) is 2. The lowest BCUT2D eigenvalue weighted by molar-refractivity contribution is 0.0986. The van der Waals surface area contributed by atoms with Crippen molar-refractivity contribution < 1.29 is 14.3 Å². The first-order valence-corrected chi connectivity index (χ1v) is 10.2. The van der Waals surface area contributed by atoms with Crippen LogP contribution in [-0.4, -0.2) is 12.6 Å². The molecular formula is C20H15ClO3S2. The quantitative estimate of drug-likeness (QED) is 0.361. The molecule has 3 aromatic rings. The van der Waals surface area contributed by atoms with Gasteiger partial charge in [0.15, 0.2) is 17.3 Å². The van der Waals surface area contributed by atoms with E-state index in [1.165, 1.54) is 11.3 Å². The molecule has 0 saturated carbocycles. The molecule has 26 heavy (non-hydrogen) atoms. The predicted octanol–water partition coefficient (Wildman–Crippen LogP) is 6.24. The van der Waals surface area contributed by atoms with Crippen molar-refractivity contribution in [1.29, 1.82) is 0 Å². The monoisotopic (exact) mass is 402 g/mol. The van der Waals surface area contributed by atoms with Gasteiger partial charge in [-0.1, -0.05) is 35.9 Å². The van der Waals surface area contributed by atoms with E-state index in [0.717, 1.165) is 15.3 Å². The Balaban J connectivity index is 1.66. The topological polar surface area (TPSA) is 35.5 Å². The molecule has 0 spiro atoms. The average Bonchev–Trinajstić information content (AvgIpc) is 3.34. The number of carbonyl (C=O) groups is 1. The number of thioether (sulfide) groups is 1. The van der Waals surface area contributed by atoms with Crippen LogP contribution in [0.1, 0.15) is 26.9 Å². The molecule has 4 rings (SSSR count). The van der Waals surface area contributed by atoms with Crippen molar-refractivity contribution in [3.05, 3.63) is 75.4 Å². The highest BCUT2D eigenvalue weighted by atomic mass is 35.5. The van der Waals surface area contributed by atoms with Crippen molar-refractivity contribution in [2.75, 3.05) is 6.79 Å². The number of rotatable bonds is 6. The number of Topliss-reactive ketones (excluding diaryl/α,β-unsaturated/α-hetero) is 1. The van der Waals surface area contributed by atoms with Gasteiger partial charge < -0.3 is 9.47 Å². The summed E-state index contributed by atoms with van der Waals surface area (Å²) >= 11 is 9.48. The summed E-state index contributed by atoms with van der Waals surface area (Å²) in [5, 5.41) is 2.36. The molecule has 1 aliphatic heterocycles.